The Hall–Kier alpha value is -4.65. The first-order valence-electron chi connectivity index (χ1n) is 13.4. The third-order valence-corrected chi connectivity index (χ3v) is 6.48. The second kappa shape index (κ2) is 12.5. The summed E-state index contributed by atoms with van der Waals surface area (Å²) in [5.74, 6) is 3.26. The van der Waals surface area contributed by atoms with Crippen molar-refractivity contribution < 1.29 is 13.9 Å². The van der Waals surface area contributed by atoms with Gasteiger partial charge in [-0.2, -0.15) is 0 Å². The monoisotopic (exact) mass is 536 g/mol. The normalized spacial score (nSPS) is 11.0. The van der Waals surface area contributed by atoms with E-state index in [0.717, 1.165) is 47.2 Å². The van der Waals surface area contributed by atoms with Gasteiger partial charge in [-0.05, 0) is 90.8 Å². The van der Waals surface area contributed by atoms with Crippen LogP contribution >= 0.6 is 0 Å². The fourth-order valence-corrected chi connectivity index (χ4v) is 4.35. The molecule has 0 aliphatic rings. The van der Waals surface area contributed by atoms with Crippen LogP contribution in [0.25, 0.3) is 16.9 Å². The van der Waals surface area contributed by atoms with Crippen molar-refractivity contribution in [2.24, 2.45) is 5.92 Å². The topological polar surface area (TPSA) is 52.4 Å². The lowest BCUT2D eigenvalue weighted by molar-refractivity contribution is 0.326. The summed E-state index contributed by atoms with van der Waals surface area (Å²) in [5, 5.41) is 0. The lowest BCUT2D eigenvalue weighted by Gasteiger charge is -2.19. The molecule has 6 nitrogen and oxygen atoms in total. The molecule has 7 heteroatoms. The molecule has 204 valence electrons. The molecule has 3 aromatic carbocycles. The molecule has 0 fully saturated rings. The Morgan fingerprint density at radius 3 is 2.10 bits per heavy atom. The van der Waals surface area contributed by atoms with E-state index >= 15 is 0 Å². The summed E-state index contributed by atoms with van der Waals surface area (Å²) in [6.45, 7) is 5.72. The Morgan fingerprint density at radius 2 is 1.45 bits per heavy atom. The van der Waals surface area contributed by atoms with Crippen LogP contribution in [-0.4, -0.2) is 34.7 Å². The molecule has 40 heavy (non-hydrogen) atoms. The lowest BCUT2D eigenvalue weighted by atomic mass is 10.1. The van der Waals surface area contributed by atoms with Crippen LogP contribution in [0.4, 0.5) is 10.1 Å². The van der Waals surface area contributed by atoms with E-state index in [1.54, 1.807) is 24.5 Å². The van der Waals surface area contributed by atoms with Gasteiger partial charge in [0, 0.05) is 49.0 Å². The fourth-order valence-electron chi connectivity index (χ4n) is 4.35. The summed E-state index contributed by atoms with van der Waals surface area (Å²) in [4.78, 5) is 11.2. The molecule has 0 atom stereocenters. The van der Waals surface area contributed by atoms with Gasteiger partial charge in [0.2, 0.25) is 0 Å². The number of anilines is 1. The summed E-state index contributed by atoms with van der Waals surface area (Å²) in [5.41, 5.74) is 4.04. The number of imidazole rings is 1. The highest BCUT2D eigenvalue weighted by molar-refractivity contribution is 5.61. The maximum Gasteiger partial charge on any atom is 0.127 e. The van der Waals surface area contributed by atoms with Crippen molar-refractivity contribution in [2.45, 2.75) is 20.3 Å². The van der Waals surface area contributed by atoms with Gasteiger partial charge in [-0.3, -0.25) is 4.98 Å². The van der Waals surface area contributed by atoms with Gasteiger partial charge in [0.1, 0.15) is 35.5 Å². The van der Waals surface area contributed by atoms with Crippen molar-refractivity contribution in [2.75, 3.05) is 25.1 Å². The maximum absolute atomic E-state index is 13.2. The van der Waals surface area contributed by atoms with Gasteiger partial charge in [-0.1, -0.05) is 13.8 Å². The van der Waals surface area contributed by atoms with Crippen molar-refractivity contribution in [3.05, 3.63) is 115 Å². The average Bonchev–Trinajstić information content (AvgIpc) is 3.38. The molecule has 0 N–H and O–H groups in total. The third-order valence-electron chi connectivity index (χ3n) is 6.48. The molecule has 5 aromatic rings. The largest absolute Gasteiger partial charge is 0.492 e. The Labute approximate surface area is 234 Å². The molecular formula is C33H33FN4O2. The number of nitrogens with zero attached hydrogens (tertiary/aromatic N) is 4. The van der Waals surface area contributed by atoms with Gasteiger partial charge >= 0.3 is 0 Å². The number of pyridine rings is 1. The van der Waals surface area contributed by atoms with Crippen LogP contribution in [-0.2, 0) is 6.42 Å². The quantitative estimate of drug-likeness (QED) is 0.174. The molecular weight excluding hydrogens is 503 g/mol. The van der Waals surface area contributed by atoms with Crippen LogP contribution < -0.4 is 14.4 Å². The zero-order valence-electron chi connectivity index (χ0n) is 23.0. The number of hydrogen-bond acceptors (Lipinski definition) is 5. The number of likely N-dealkylation sites (N-methyl/N-ethyl adjacent to an activating group) is 1. The van der Waals surface area contributed by atoms with Gasteiger partial charge in [-0.25, -0.2) is 9.37 Å². The SMILES string of the molecule is CC(C)Cc1nc(-c2ccc(OCCN(C)c3ccncc3)cc2)cn1-c1ccc(Oc2ccc(F)cc2)cc1. The maximum atomic E-state index is 13.2. The zero-order chi connectivity index (χ0) is 27.9. The van der Waals surface area contributed by atoms with Crippen molar-refractivity contribution in [3.8, 4) is 34.2 Å². The number of ether oxygens (including phenoxy) is 2. The molecule has 0 saturated carbocycles. The Balaban J connectivity index is 1.27. The average molecular weight is 537 g/mol. The minimum Gasteiger partial charge on any atom is -0.492 e. The molecule has 0 unspecified atom stereocenters. The second-order valence-corrected chi connectivity index (χ2v) is 10.1. The summed E-state index contributed by atoms with van der Waals surface area (Å²) < 4.78 is 27.2. The van der Waals surface area contributed by atoms with E-state index < -0.39 is 0 Å². The van der Waals surface area contributed by atoms with Crippen LogP contribution in [0.2, 0.25) is 0 Å². The lowest BCUT2D eigenvalue weighted by Crippen LogP contribution is -2.23. The minimum atomic E-state index is -0.289. The first kappa shape index (κ1) is 26.9. The van der Waals surface area contributed by atoms with E-state index in [2.05, 4.69) is 34.5 Å². The molecule has 2 aromatic heterocycles. The summed E-state index contributed by atoms with van der Waals surface area (Å²) in [6, 6.07) is 25.9. The van der Waals surface area contributed by atoms with Crippen molar-refractivity contribution in [3.63, 3.8) is 0 Å². The number of benzene rings is 3. The van der Waals surface area contributed by atoms with Gasteiger partial charge in [-0.15, -0.1) is 0 Å². The fraction of sp³-hybridized carbons (Fsp3) is 0.212. The number of aromatic nitrogens is 3. The molecule has 0 aliphatic heterocycles. The summed E-state index contributed by atoms with van der Waals surface area (Å²) >= 11 is 0. The van der Waals surface area contributed by atoms with E-state index in [0.29, 0.717) is 24.0 Å². The molecule has 0 spiro atoms. The van der Waals surface area contributed by atoms with E-state index in [1.807, 2.05) is 67.7 Å². The van der Waals surface area contributed by atoms with E-state index in [9.17, 15) is 4.39 Å². The van der Waals surface area contributed by atoms with Crippen LogP contribution in [0.1, 0.15) is 19.7 Å². The number of halogens is 1. The van der Waals surface area contributed by atoms with E-state index in [-0.39, 0.29) is 5.82 Å². The molecule has 0 radical (unpaired) electrons. The zero-order valence-corrected chi connectivity index (χ0v) is 23.0. The highest BCUT2D eigenvalue weighted by Crippen LogP contribution is 2.27. The number of hydrogen-bond donors (Lipinski definition) is 0. The van der Waals surface area contributed by atoms with Crippen molar-refractivity contribution in [1.82, 2.24) is 14.5 Å². The van der Waals surface area contributed by atoms with Gasteiger partial charge in [0.25, 0.3) is 0 Å². The third kappa shape index (κ3) is 6.86. The molecule has 5 rings (SSSR count). The molecule has 0 amide bonds. The predicted octanol–water partition coefficient (Wildman–Crippen LogP) is 7.58. The second-order valence-electron chi connectivity index (χ2n) is 10.1. The molecule has 2 heterocycles. The van der Waals surface area contributed by atoms with Crippen LogP contribution in [0.3, 0.4) is 0 Å². The number of rotatable bonds is 11. The van der Waals surface area contributed by atoms with Gasteiger partial charge in [0.15, 0.2) is 0 Å². The smallest absolute Gasteiger partial charge is 0.127 e. The molecule has 0 saturated heterocycles. The summed E-state index contributed by atoms with van der Waals surface area (Å²) in [7, 11) is 2.04. The van der Waals surface area contributed by atoms with Crippen molar-refractivity contribution >= 4 is 5.69 Å². The highest BCUT2D eigenvalue weighted by Gasteiger charge is 2.13. The predicted molar refractivity (Wildman–Crippen MR) is 157 cm³/mol. The van der Waals surface area contributed by atoms with Crippen LogP contribution in [0.5, 0.6) is 17.2 Å². The van der Waals surface area contributed by atoms with Gasteiger partial charge < -0.3 is 18.9 Å². The van der Waals surface area contributed by atoms with Crippen LogP contribution in [0, 0.1) is 11.7 Å². The van der Waals surface area contributed by atoms with Crippen LogP contribution in [0.15, 0.2) is 104 Å². The van der Waals surface area contributed by atoms with E-state index in [1.165, 1.54) is 12.1 Å². The molecule has 0 aliphatic carbocycles. The highest BCUT2D eigenvalue weighted by atomic mass is 19.1. The van der Waals surface area contributed by atoms with E-state index in [4.69, 9.17) is 14.5 Å². The Bertz CT molecular complexity index is 1500. The molecule has 0 bridgehead atoms. The van der Waals surface area contributed by atoms with Crippen molar-refractivity contribution in [1.29, 1.82) is 0 Å². The Morgan fingerprint density at radius 1 is 0.825 bits per heavy atom. The minimum absolute atomic E-state index is 0.289. The summed E-state index contributed by atoms with van der Waals surface area (Å²) in [6.07, 6.45) is 6.50. The first-order chi connectivity index (χ1) is 19.4. The van der Waals surface area contributed by atoms with Gasteiger partial charge in [0.05, 0.1) is 12.2 Å². The first-order valence-corrected chi connectivity index (χ1v) is 13.4. The Kier molecular flexibility index (Phi) is 8.40. The standard InChI is InChI=1S/C33H33FN4O2/c1-24(2)22-33-36-32(23-38(33)28-8-14-31(15-9-28)40-30-12-6-26(34)7-13-30)25-4-10-29(11-5-25)39-21-20-37(3)27-16-18-35-19-17-27/h4-19,23-24H,20-22H2,1-3H3.